The molecule has 4 nitrogen and oxygen atoms in total. The summed E-state index contributed by atoms with van der Waals surface area (Å²) in [6, 6.07) is 5.64. The second-order valence-corrected chi connectivity index (χ2v) is 4.98. The number of nitrogens with two attached hydrogens (primary N) is 1. The Labute approximate surface area is 93.3 Å². The number of hydrazine groups is 1. The second kappa shape index (κ2) is 4.04. The molecule has 3 N–H and O–H groups in total. The molecule has 2 rings (SSSR count). The van der Waals surface area contributed by atoms with Gasteiger partial charge in [0, 0.05) is 12.3 Å². The van der Waals surface area contributed by atoms with Gasteiger partial charge in [-0.15, -0.1) is 11.3 Å². The molecule has 0 bridgehead atoms. The first kappa shape index (κ1) is 9.57. The molecule has 0 aliphatic rings. The summed E-state index contributed by atoms with van der Waals surface area (Å²) in [4.78, 5) is 9.38. The van der Waals surface area contributed by atoms with E-state index < -0.39 is 0 Å². The maximum absolute atomic E-state index is 5.26. The Morgan fingerprint density at radius 2 is 2.21 bits per heavy atom. The van der Waals surface area contributed by atoms with Crippen LogP contribution < -0.4 is 11.3 Å². The van der Waals surface area contributed by atoms with Gasteiger partial charge in [-0.2, -0.15) is 0 Å². The van der Waals surface area contributed by atoms with Crippen molar-refractivity contribution < 1.29 is 0 Å². The third-order valence-electron chi connectivity index (χ3n) is 1.60. The minimum atomic E-state index is 0.611. The minimum absolute atomic E-state index is 0.611. The average Bonchev–Trinajstić information content (AvgIpc) is 2.65. The second-order valence-electron chi connectivity index (χ2n) is 2.51. The number of hydrogen-bond acceptors (Lipinski definition) is 5. The number of nitrogens with one attached hydrogen (secondary N) is 1. The molecule has 14 heavy (non-hydrogen) atoms. The van der Waals surface area contributed by atoms with Gasteiger partial charge in [0.2, 0.25) is 0 Å². The number of rotatable bonds is 2. The smallest absolute Gasteiger partial charge is 0.171 e. The van der Waals surface area contributed by atoms with Crippen LogP contribution in [0.5, 0.6) is 0 Å². The SMILES string of the molecule is NNc1ccnc(-c2ccc(Br)s2)n1. The van der Waals surface area contributed by atoms with Gasteiger partial charge in [-0.1, -0.05) is 0 Å². The van der Waals surface area contributed by atoms with E-state index in [-0.39, 0.29) is 0 Å². The molecule has 0 saturated carbocycles. The van der Waals surface area contributed by atoms with Crippen molar-refractivity contribution in [3.8, 4) is 10.7 Å². The Morgan fingerprint density at radius 1 is 1.36 bits per heavy atom. The Morgan fingerprint density at radius 3 is 2.86 bits per heavy atom. The number of anilines is 1. The molecule has 2 aromatic heterocycles. The summed E-state index contributed by atoms with van der Waals surface area (Å²) in [7, 11) is 0. The maximum atomic E-state index is 5.26. The number of aromatic nitrogens is 2. The monoisotopic (exact) mass is 270 g/mol. The largest absolute Gasteiger partial charge is 0.308 e. The highest BCUT2D eigenvalue weighted by Gasteiger charge is 2.04. The molecule has 0 amide bonds. The van der Waals surface area contributed by atoms with Gasteiger partial charge in [0.15, 0.2) is 5.82 Å². The van der Waals surface area contributed by atoms with Crippen LogP contribution in [0, 0.1) is 0 Å². The maximum Gasteiger partial charge on any atom is 0.171 e. The molecule has 0 radical (unpaired) electrons. The molecule has 0 atom stereocenters. The first-order valence-corrected chi connectivity index (χ1v) is 5.46. The summed E-state index contributed by atoms with van der Waals surface area (Å²) in [5, 5.41) is 0. The lowest BCUT2D eigenvalue weighted by atomic mass is 10.4. The van der Waals surface area contributed by atoms with Crippen LogP contribution >= 0.6 is 27.3 Å². The summed E-state index contributed by atoms with van der Waals surface area (Å²) in [6.45, 7) is 0. The predicted octanol–water partition coefficient (Wildman–Crippen LogP) is 2.25. The Balaban J connectivity index is 2.41. The highest BCUT2D eigenvalue weighted by molar-refractivity contribution is 9.11. The molecule has 0 aliphatic carbocycles. The van der Waals surface area contributed by atoms with Crippen molar-refractivity contribution >= 4 is 33.1 Å². The third kappa shape index (κ3) is 1.92. The van der Waals surface area contributed by atoms with E-state index in [4.69, 9.17) is 5.84 Å². The van der Waals surface area contributed by atoms with Crippen LogP contribution in [-0.2, 0) is 0 Å². The molecule has 0 saturated heterocycles. The Bertz CT molecular complexity index is 442. The van der Waals surface area contributed by atoms with E-state index in [1.54, 1.807) is 23.6 Å². The van der Waals surface area contributed by atoms with E-state index in [1.807, 2.05) is 12.1 Å². The van der Waals surface area contributed by atoms with Crippen molar-refractivity contribution in [1.29, 1.82) is 0 Å². The summed E-state index contributed by atoms with van der Waals surface area (Å²) in [5.41, 5.74) is 2.49. The fourth-order valence-electron chi connectivity index (χ4n) is 0.992. The van der Waals surface area contributed by atoms with E-state index in [0.717, 1.165) is 8.66 Å². The highest BCUT2D eigenvalue weighted by atomic mass is 79.9. The molecule has 72 valence electrons. The molecule has 0 aliphatic heterocycles. The third-order valence-corrected chi connectivity index (χ3v) is 3.22. The first-order valence-electron chi connectivity index (χ1n) is 3.85. The lowest BCUT2D eigenvalue weighted by Gasteiger charge is -1.99. The van der Waals surface area contributed by atoms with Crippen LogP contribution in [-0.4, -0.2) is 9.97 Å². The van der Waals surface area contributed by atoms with Gasteiger partial charge >= 0.3 is 0 Å². The fourth-order valence-corrected chi connectivity index (χ4v) is 2.32. The van der Waals surface area contributed by atoms with Gasteiger partial charge in [-0.25, -0.2) is 15.8 Å². The number of nitrogens with zero attached hydrogens (tertiary/aromatic N) is 2. The number of thiophene rings is 1. The van der Waals surface area contributed by atoms with E-state index >= 15 is 0 Å². The Hall–Kier alpha value is -0.980. The quantitative estimate of drug-likeness (QED) is 0.649. The molecule has 6 heteroatoms. The molecule has 2 heterocycles. The number of nitrogen functional groups attached to an aromatic ring is 1. The number of halogens is 1. The Kier molecular flexibility index (Phi) is 2.76. The molecule has 0 fully saturated rings. The zero-order chi connectivity index (χ0) is 9.97. The summed E-state index contributed by atoms with van der Waals surface area (Å²) >= 11 is 4.97. The van der Waals surface area contributed by atoms with Crippen molar-refractivity contribution in [2.75, 3.05) is 5.43 Å². The lowest BCUT2D eigenvalue weighted by Crippen LogP contribution is -2.08. The van der Waals surface area contributed by atoms with Crippen molar-refractivity contribution in [3.05, 3.63) is 28.2 Å². The first-order chi connectivity index (χ1) is 6.79. The van der Waals surface area contributed by atoms with Gasteiger partial charge in [0.1, 0.15) is 5.82 Å². The van der Waals surface area contributed by atoms with Crippen LogP contribution in [0.4, 0.5) is 5.82 Å². The van der Waals surface area contributed by atoms with Gasteiger partial charge in [0.05, 0.1) is 8.66 Å². The summed E-state index contributed by atoms with van der Waals surface area (Å²) in [6.07, 6.45) is 1.67. The van der Waals surface area contributed by atoms with E-state index in [2.05, 4.69) is 31.3 Å². The lowest BCUT2D eigenvalue weighted by molar-refractivity contribution is 1.15. The van der Waals surface area contributed by atoms with Crippen LogP contribution in [0.2, 0.25) is 0 Å². The van der Waals surface area contributed by atoms with E-state index in [0.29, 0.717) is 11.6 Å². The zero-order valence-corrected chi connectivity index (χ0v) is 9.47. The standard InChI is InChI=1S/C8H7BrN4S/c9-6-2-1-5(14-6)8-11-4-3-7(12-8)13-10/h1-4H,10H2,(H,11,12,13). The average molecular weight is 271 g/mol. The van der Waals surface area contributed by atoms with Crippen molar-refractivity contribution in [2.24, 2.45) is 5.84 Å². The van der Waals surface area contributed by atoms with Crippen molar-refractivity contribution in [2.45, 2.75) is 0 Å². The molecule has 0 aromatic carbocycles. The van der Waals surface area contributed by atoms with Gasteiger partial charge in [-0.05, 0) is 28.1 Å². The number of hydrogen-bond donors (Lipinski definition) is 2. The van der Waals surface area contributed by atoms with E-state index in [9.17, 15) is 0 Å². The van der Waals surface area contributed by atoms with Crippen LogP contribution in [0.3, 0.4) is 0 Å². The predicted molar refractivity (Wildman–Crippen MR) is 60.9 cm³/mol. The normalized spacial score (nSPS) is 10.1. The molecule has 0 unspecified atom stereocenters. The van der Waals surface area contributed by atoms with Crippen LogP contribution in [0.1, 0.15) is 0 Å². The minimum Gasteiger partial charge on any atom is -0.308 e. The van der Waals surface area contributed by atoms with Crippen molar-refractivity contribution in [1.82, 2.24) is 9.97 Å². The van der Waals surface area contributed by atoms with Gasteiger partial charge < -0.3 is 5.43 Å². The van der Waals surface area contributed by atoms with Crippen molar-refractivity contribution in [3.63, 3.8) is 0 Å². The topological polar surface area (TPSA) is 63.8 Å². The van der Waals surface area contributed by atoms with Crippen LogP contribution in [0.25, 0.3) is 10.7 Å². The molecule has 0 spiro atoms. The zero-order valence-electron chi connectivity index (χ0n) is 7.07. The molecular formula is C8H7BrN4S. The van der Waals surface area contributed by atoms with Crippen LogP contribution in [0.15, 0.2) is 28.2 Å². The fraction of sp³-hybridized carbons (Fsp3) is 0. The molecular weight excluding hydrogens is 264 g/mol. The summed E-state index contributed by atoms with van der Waals surface area (Å²) < 4.78 is 1.06. The highest BCUT2D eigenvalue weighted by Crippen LogP contribution is 2.29. The van der Waals surface area contributed by atoms with Gasteiger partial charge in [-0.3, -0.25) is 0 Å². The molecule has 2 aromatic rings. The van der Waals surface area contributed by atoms with E-state index in [1.165, 1.54) is 0 Å². The van der Waals surface area contributed by atoms with Gasteiger partial charge in [0.25, 0.3) is 0 Å². The summed E-state index contributed by atoms with van der Waals surface area (Å²) in [5.74, 6) is 6.54.